The SMILES string of the molecule is COC(=O)c1c(C(O)CC[Si](C)(C)C)nc(=O)n(N(C=O)CCCN2CCC(c3ccccn3)CC2)c1-c1ccc(F)c(F)c1. The summed E-state index contributed by atoms with van der Waals surface area (Å²) in [5.41, 5.74) is -0.677. The van der Waals surface area contributed by atoms with Gasteiger partial charge in [0, 0.05) is 38.0 Å². The molecule has 0 aliphatic carbocycles. The molecule has 0 spiro atoms. The lowest BCUT2D eigenvalue weighted by atomic mass is 9.93. The number of aliphatic hydroxyl groups excluding tert-OH is 1. The van der Waals surface area contributed by atoms with Gasteiger partial charge in [-0.2, -0.15) is 9.66 Å². The Labute approximate surface area is 262 Å². The van der Waals surface area contributed by atoms with E-state index in [0.717, 1.165) is 60.6 Å². The van der Waals surface area contributed by atoms with E-state index in [2.05, 4.69) is 34.5 Å². The summed E-state index contributed by atoms with van der Waals surface area (Å²) in [7, 11) is -0.512. The van der Waals surface area contributed by atoms with Crippen molar-refractivity contribution in [3.05, 3.63) is 81.7 Å². The van der Waals surface area contributed by atoms with E-state index in [-0.39, 0.29) is 35.5 Å². The predicted molar refractivity (Wildman–Crippen MR) is 169 cm³/mol. The third-order valence-electron chi connectivity index (χ3n) is 8.10. The van der Waals surface area contributed by atoms with Crippen LogP contribution in [0, 0.1) is 11.6 Å². The number of benzene rings is 1. The van der Waals surface area contributed by atoms with E-state index in [1.807, 2.05) is 18.2 Å². The monoisotopic (exact) mass is 641 g/mol. The van der Waals surface area contributed by atoms with Crippen LogP contribution in [0.1, 0.15) is 59.5 Å². The van der Waals surface area contributed by atoms with Crippen molar-refractivity contribution in [1.82, 2.24) is 19.5 Å². The maximum Gasteiger partial charge on any atom is 0.367 e. The highest BCUT2D eigenvalue weighted by molar-refractivity contribution is 6.76. The molecule has 2 aromatic heterocycles. The van der Waals surface area contributed by atoms with Crippen LogP contribution in [-0.2, 0) is 9.53 Å². The van der Waals surface area contributed by atoms with Gasteiger partial charge in [-0.3, -0.25) is 9.78 Å². The fourth-order valence-corrected chi connectivity index (χ4v) is 6.79. The number of hydrogen-bond donors (Lipinski definition) is 1. The highest BCUT2D eigenvalue weighted by Gasteiger charge is 2.31. The molecule has 1 atom stereocenters. The van der Waals surface area contributed by atoms with Crippen LogP contribution >= 0.6 is 0 Å². The number of pyridine rings is 1. The lowest BCUT2D eigenvalue weighted by Gasteiger charge is -2.32. The van der Waals surface area contributed by atoms with Gasteiger partial charge in [-0.15, -0.1) is 0 Å². The number of aliphatic hydroxyl groups is 1. The Balaban J connectivity index is 1.65. The number of nitrogens with zero attached hydrogens (tertiary/aromatic N) is 5. The number of esters is 1. The minimum Gasteiger partial charge on any atom is -0.465 e. The summed E-state index contributed by atoms with van der Waals surface area (Å²) >= 11 is 0. The zero-order valence-corrected chi connectivity index (χ0v) is 27.2. The zero-order chi connectivity index (χ0) is 32.7. The molecular formula is C32H41F2N5O5Si. The van der Waals surface area contributed by atoms with Gasteiger partial charge in [0.25, 0.3) is 0 Å². The average molecular weight is 642 g/mol. The molecule has 45 heavy (non-hydrogen) atoms. The maximum atomic E-state index is 14.5. The van der Waals surface area contributed by atoms with Crippen LogP contribution in [0.5, 0.6) is 0 Å². The molecule has 0 saturated carbocycles. The summed E-state index contributed by atoms with van der Waals surface area (Å²) in [5.74, 6) is -2.91. The highest BCUT2D eigenvalue weighted by Crippen LogP contribution is 2.32. The Morgan fingerprint density at radius 3 is 2.51 bits per heavy atom. The number of piperidine rings is 1. The van der Waals surface area contributed by atoms with Crippen molar-refractivity contribution in [2.24, 2.45) is 0 Å². The number of methoxy groups -OCH3 is 1. The van der Waals surface area contributed by atoms with E-state index >= 15 is 0 Å². The van der Waals surface area contributed by atoms with Gasteiger partial charge in [-0.25, -0.2) is 23.4 Å². The topological polar surface area (TPSA) is 118 Å². The molecule has 3 aromatic rings. The van der Waals surface area contributed by atoms with E-state index < -0.39 is 37.5 Å². The van der Waals surface area contributed by atoms with Crippen LogP contribution < -0.4 is 10.7 Å². The maximum absolute atomic E-state index is 14.5. The quantitative estimate of drug-likeness (QED) is 0.165. The molecule has 242 valence electrons. The summed E-state index contributed by atoms with van der Waals surface area (Å²) in [6.07, 6.45) is 3.52. The molecule has 0 radical (unpaired) electrons. The van der Waals surface area contributed by atoms with Crippen LogP contribution in [-0.4, -0.2) is 78.4 Å². The number of hydrogen-bond acceptors (Lipinski definition) is 8. The number of carbonyl (C=O) groups excluding carboxylic acids is 2. The van der Waals surface area contributed by atoms with Crippen molar-refractivity contribution >= 4 is 20.5 Å². The number of halogens is 2. The van der Waals surface area contributed by atoms with Crippen molar-refractivity contribution in [3.8, 4) is 11.3 Å². The molecule has 1 amide bonds. The summed E-state index contributed by atoms with van der Waals surface area (Å²) in [4.78, 5) is 50.1. The van der Waals surface area contributed by atoms with E-state index in [0.29, 0.717) is 31.3 Å². The standard InChI is InChI=1S/C32H41F2N5O5Si/c1-44-31(42)28-29(27(41)13-19-45(2,3)4)36-32(43)39(30(28)23-9-10-24(33)25(34)20-23)38(21-40)16-7-15-37-17-11-22(12-18-37)26-8-5-6-14-35-26/h5-6,8-10,14,20-22,27,41H,7,11-13,15-19H2,1-4H3. The fraction of sp³-hybridized carbons (Fsp3) is 0.469. The Kier molecular flexibility index (Phi) is 11.3. The van der Waals surface area contributed by atoms with Gasteiger partial charge in [0.05, 0.1) is 24.6 Å². The highest BCUT2D eigenvalue weighted by atomic mass is 28.3. The lowest BCUT2D eigenvalue weighted by Crippen LogP contribution is -2.46. The number of amides is 1. The van der Waals surface area contributed by atoms with Crippen molar-refractivity contribution in [2.75, 3.05) is 38.3 Å². The number of likely N-dealkylation sites (tertiary alicyclic amines) is 1. The van der Waals surface area contributed by atoms with Crippen LogP contribution in [0.15, 0.2) is 47.4 Å². The van der Waals surface area contributed by atoms with Crippen LogP contribution in [0.2, 0.25) is 25.7 Å². The molecule has 1 fully saturated rings. The molecule has 0 bridgehead atoms. The summed E-state index contributed by atoms with van der Waals surface area (Å²) in [5, 5.41) is 12.2. The summed E-state index contributed by atoms with van der Waals surface area (Å²) < 4.78 is 34.4. The molecule has 4 rings (SSSR count). The first-order chi connectivity index (χ1) is 21.4. The van der Waals surface area contributed by atoms with Crippen LogP contribution in [0.4, 0.5) is 8.78 Å². The van der Waals surface area contributed by atoms with Crippen molar-refractivity contribution in [1.29, 1.82) is 0 Å². The Morgan fingerprint density at radius 2 is 1.91 bits per heavy atom. The minimum atomic E-state index is -1.64. The predicted octanol–water partition coefficient (Wildman–Crippen LogP) is 4.50. The molecule has 3 heterocycles. The Hall–Kier alpha value is -3.81. The molecule has 1 aliphatic rings. The Morgan fingerprint density at radius 1 is 1.18 bits per heavy atom. The van der Waals surface area contributed by atoms with Crippen molar-refractivity contribution in [3.63, 3.8) is 0 Å². The molecule has 1 aromatic carbocycles. The minimum absolute atomic E-state index is 0.0594. The van der Waals surface area contributed by atoms with E-state index in [4.69, 9.17) is 4.74 Å². The largest absolute Gasteiger partial charge is 0.465 e. The lowest BCUT2D eigenvalue weighted by molar-refractivity contribution is -0.108. The second-order valence-electron chi connectivity index (χ2n) is 12.5. The van der Waals surface area contributed by atoms with Crippen molar-refractivity contribution in [2.45, 2.75) is 63.4 Å². The molecular weight excluding hydrogens is 600 g/mol. The van der Waals surface area contributed by atoms with E-state index in [1.165, 1.54) is 6.07 Å². The second kappa shape index (κ2) is 15.0. The second-order valence-corrected chi connectivity index (χ2v) is 18.2. The number of aromatic nitrogens is 3. The first-order valence-corrected chi connectivity index (χ1v) is 18.9. The number of carbonyl (C=O) groups is 2. The smallest absolute Gasteiger partial charge is 0.367 e. The average Bonchev–Trinajstić information content (AvgIpc) is 3.03. The first-order valence-electron chi connectivity index (χ1n) is 15.2. The Bertz CT molecular complexity index is 1540. The fourth-order valence-electron chi connectivity index (χ4n) is 5.65. The summed E-state index contributed by atoms with van der Waals surface area (Å²) in [6.45, 7) is 8.75. The normalized spacial score (nSPS) is 15.1. The van der Waals surface area contributed by atoms with Gasteiger partial charge in [0.15, 0.2) is 11.6 Å². The summed E-state index contributed by atoms with van der Waals surface area (Å²) in [6, 6.07) is 9.48. The first kappa shape index (κ1) is 34.1. The third kappa shape index (κ3) is 8.47. The van der Waals surface area contributed by atoms with Crippen LogP contribution in [0.3, 0.4) is 0 Å². The van der Waals surface area contributed by atoms with E-state index in [9.17, 15) is 28.3 Å². The van der Waals surface area contributed by atoms with Gasteiger partial charge in [-0.05, 0) is 75.6 Å². The van der Waals surface area contributed by atoms with Gasteiger partial charge >= 0.3 is 11.7 Å². The van der Waals surface area contributed by atoms with Gasteiger partial charge < -0.3 is 14.7 Å². The zero-order valence-electron chi connectivity index (χ0n) is 26.2. The van der Waals surface area contributed by atoms with Gasteiger partial charge in [-0.1, -0.05) is 31.8 Å². The molecule has 1 aliphatic heterocycles. The molecule has 10 nitrogen and oxygen atoms in total. The van der Waals surface area contributed by atoms with E-state index in [1.54, 1.807) is 6.20 Å². The molecule has 13 heteroatoms. The molecule has 1 saturated heterocycles. The van der Waals surface area contributed by atoms with Gasteiger partial charge in [0.2, 0.25) is 6.41 Å². The van der Waals surface area contributed by atoms with Gasteiger partial charge in [0.1, 0.15) is 5.56 Å². The van der Waals surface area contributed by atoms with Crippen LogP contribution in [0.25, 0.3) is 11.3 Å². The third-order valence-corrected chi connectivity index (χ3v) is 9.89. The molecule has 1 unspecified atom stereocenters. The number of ether oxygens (including phenoxy) is 1. The van der Waals surface area contributed by atoms with Crippen molar-refractivity contribution < 1.29 is 28.2 Å². The number of rotatable bonds is 13. The molecule has 1 N–H and O–H groups in total.